The van der Waals surface area contributed by atoms with E-state index in [1.165, 1.54) is 6.92 Å². The van der Waals surface area contributed by atoms with Crippen molar-refractivity contribution in [2.75, 3.05) is 6.54 Å². The van der Waals surface area contributed by atoms with E-state index in [4.69, 9.17) is 0 Å². The van der Waals surface area contributed by atoms with Gasteiger partial charge in [-0.25, -0.2) is 9.69 Å². The fourth-order valence-corrected chi connectivity index (χ4v) is 3.90. The lowest BCUT2D eigenvalue weighted by Crippen LogP contribution is -2.46. The molecule has 0 unspecified atom stereocenters. The summed E-state index contributed by atoms with van der Waals surface area (Å²) in [4.78, 5) is 62.9. The lowest BCUT2D eigenvalue weighted by molar-refractivity contribution is -0.144. The van der Waals surface area contributed by atoms with Crippen LogP contribution in [0.3, 0.4) is 0 Å². The van der Waals surface area contributed by atoms with E-state index >= 15 is 0 Å². The minimum atomic E-state index is -0.941. The van der Waals surface area contributed by atoms with Crippen LogP contribution < -0.4 is 5.32 Å². The van der Waals surface area contributed by atoms with E-state index in [9.17, 15) is 24.0 Å². The molecular weight excluding hydrogens is 374 g/mol. The first kappa shape index (κ1) is 20.7. The van der Waals surface area contributed by atoms with Gasteiger partial charge in [-0.05, 0) is 24.3 Å². The standard InChI is InChI=1S/C21H25N3O5/c1-13-5-3-4-6-17(13)24-20(28)19(27)23(21(24)29)12-18(26)16-9-7-15(8-10-16)11-22-14(2)25/h7-10,13,17H,3-6,11-12H2,1-2H3,(H,22,25)/t13-,17+/m1/s1. The molecule has 8 nitrogen and oxygen atoms in total. The maximum Gasteiger partial charge on any atom is 0.334 e. The third-order valence-corrected chi connectivity index (χ3v) is 5.60. The number of carbonyl (C=O) groups excluding carboxylic acids is 5. The average Bonchev–Trinajstić information content (AvgIpc) is 2.90. The summed E-state index contributed by atoms with van der Waals surface area (Å²) in [6.45, 7) is 3.27. The van der Waals surface area contributed by atoms with Gasteiger partial charge in [-0.2, -0.15) is 0 Å². The Kier molecular flexibility index (Phi) is 6.10. The van der Waals surface area contributed by atoms with Crippen molar-refractivity contribution in [1.82, 2.24) is 15.1 Å². The molecule has 1 aromatic carbocycles. The zero-order valence-corrected chi connectivity index (χ0v) is 16.6. The normalized spacial score (nSPS) is 22.2. The van der Waals surface area contributed by atoms with Gasteiger partial charge >= 0.3 is 17.8 Å². The molecule has 1 aliphatic carbocycles. The Morgan fingerprint density at radius 3 is 2.31 bits per heavy atom. The number of amides is 5. The van der Waals surface area contributed by atoms with Gasteiger partial charge in [0.2, 0.25) is 5.91 Å². The van der Waals surface area contributed by atoms with Gasteiger partial charge in [0.15, 0.2) is 5.78 Å². The van der Waals surface area contributed by atoms with E-state index in [1.807, 2.05) is 6.92 Å². The first-order chi connectivity index (χ1) is 13.8. The van der Waals surface area contributed by atoms with Crippen molar-refractivity contribution in [1.29, 1.82) is 0 Å². The molecule has 0 aromatic heterocycles. The molecule has 154 valence electrons. The van der Waals surface area contributed by atoms with Crippen molar-refractivity contribution < 1.29 is 24.0 Å². The molecule has 0 spiro atoms. The van der Waals surface area contributed by atoms with Crippen molar-refractivity contribution in [2.24, 2.45) is 5.92 Å². The van der Waals surface area contributed by atoms with Crippen LogP contribution in [0.1, 0.15) is 55.5 Å². The largest absolute Gasteiger partial charge is 0.352 e. The molecule has 1 aliphatic heterocycles. The monoisotopic (exact) mass is 399 g/mol. The third-order valence-electron chi connectivity index (χ3n) is 5.60. The fraction of sp³-hybridized carbons (Fsp3) is 0.476. The van der Waals surface area contributed by atoms with Crippen LogP contribution in [0.25, 0.3) is 0 Å². The van der Waals surface area contributed by atoms with Crippen LogP contribution in [0.5, 0.6) is 0 Å². The zero-order valence-electron chi connectivity index (χ0n) is 16.6. The van der Waals surface area contributed by atoms with Crippen LogP contribution >= 0.6 is 0 Å². The van der Waals surface area contributed by atoms with Gasteiger partial charge in [0.05, 0.1) is 6.54 Å². The Labute approximate surface area is 169 Å². The molecule has 0 radical (unpaired) electrons. The van der Waals surface area contributed by atoms with E-state index in [0.717, 1.165) is 34.6 Å². The number of nitrogens with zero attached hydrogens (tertiary/aromatic N) is 2. The quantitative estimate of drug-likeness (QED) is 0.447. The van der Waals surface area contributed by atoms with Gasteiger partial charge in [-0.1, -0.05) is 44.0 Å². The highest BCUT2D eigenvalue weighted by Crippen LogP contribution is 2.31. The van der Waals surface area contributed by atoms with Crippen LogP contribution in [0, 0.1) is 5.92 Å². The molecule has 1 aromatic rings. The Hall–Kier alpha value is -3.03. The molecular formula is C21H25N3O5. The second-order valence-electron chi connectivity index (χ2n) is 7.71. The van der Waals surface area contributed by atoms with Crippen LogP contribution in [0.4, 0.5) is 4.79 Å². The summed E-state index contributed by atoms with van der Waals surface area (Å²) in [5.41, 5.74) is 1.15. The maximum absolute atomic E-state index is 12.8. The minimum Gasteiger partial charge on any atom is -0.352 e. The van der Waals surface area contributed by atoms with Gasteiger partial charge < -0.3 is 5.32 Å². The first-order valence-electron chi connectivity index (χ1n) is 9.85. The predicted octanol–water partition coefficient (Wildman–Crippen LogP) is 1.87. The van der Waals surface area contributed by atoms with Gasteiger partial charge in [0, 0.05) is 25.1 Å². The van der Waals surface area contributed by atoms with E-state index < -0.39 is 30.2 Å². The predicted molar refractivity (Wildman–Crippen MR) is 104 cm³/mol. The van der Waals surface area contributed by atoms with Crippen LogP contribution in [0.2, 0.25) is 0 Å². The highest BCUT2D eigenvalue weighted by molar-refractivity contribution is 6.45. The van der Waals surface area contributed by atoms with Crippen molar-refractivity contribution in [3.63, 3.8) is 0 Å². The topological polar surface area (TPSA) is 104 Å². The molecule has 1 saturated carbocycles. The summed E-state index contributed by atoms with van der Waals surface area (Å²) in [7, 11) is 0. The fourth-order valence-electron chi connectivity index (χ4n) is 3.90. The van der Waals surface area contributed by atoms with Gasteiger partial charge in [0.25, 0.3) is 0 Å². The third kappa shape index (κ3) is 4.36. The molecule has 8 heteroatoms. The zero-order chi connectivity index (χ0) is 21.1. The second-order valence-corrected chi connectivity index (χ2v) is 7.71. The number of rotatable bonds is 6. The summed E-state index contributed by atoms with van der Waals surface area (Å²) in [6.07, 6.45) is 3.54. The second kappa shape index (κ2) is 8.55. The average molecular weight is 399 g/mol. The Bertz CT molecular complexity index is 848. The Morgan fingerprint density at radius 2 is 1.69 bits per heavy atom. The maximum atomic E-state index is 12.8. The molecule has 0 bridgehead atoms. The molecule has 3 rings (SSSR count). The lowest BCUT2D eigenvalue weighted by atomic mass is 9.85. The number of benzene rings is 1. The summed E-state index contributed by atoms with van der Waals surface area (Å²) >= 11 is 0. The molecule has 5 amide bonds. The van der Waals surface area contributed by atoms with Gasteiger partial charge in [0.1, 0.15) is 0 Å². The Morgan fingerprint density at radius 1 is 1.03 bits per heavy atom. The molecule has 29 heavy (non-hydrogen) atoms. The summed E-state index contributed by atoms with van der Waals surface area (Å²) < 4.78 is 0. The van der Waals surface area contributed by atoms with Gasteiger partial charge in [-0.15, -0.1) is 0 Å². The van der Waals surface area contributed by atoms with Crippen molar-refractivity contribution in [2.45, 2.75) is 52.1 Å². The Balaban J connectivity index is 1.68. The number of hydrogen-bond acceptors (Lipinski definition) is 5. The highest BCUT2D eigenvalue weighted by Gasteiger charge is 2.49. The smallest absolute Gasteiger partial charge is 0.334 e. The number of nitrogens with one attached hydrogen (secondary N) is 1. The van der Waals surface area contributed by atoms with Crippen LogP contribution in [-0.4, -0.2) is 51.9 Å². The lowest BCUT2D eigenvalue weighted by Gasteiger charge is -2.34. The number of hydrogen-bond donors (Lipinski definition) is 1. The van der Waals surface area contributed by atoms with E-state index in [0.29, 0.717) is 18.5 Å². The minimum absolute atomic E-state index is 0.135. The number of carbonyl (C=O) groups is 5. The molecule has 1 N–H and O–H groups in total. The molecule has 1 heterocycles. The number of Topliss-reactive ketones (excluding diaryl/α,β-unsaturated/α-hetero) is 1. The van der Waals surface area contributed by atoms with Crippen molar-refractivity contribution in [3.8, 4) is 0 Å². The van der Waals surface area contributed by atoms with Gasteiger partial charge in [-0.3, -0.25) is 24.1 Å². The summed E-state index contributed by atoms with van der Waals surface area (Å²) in [6, 6.07) is 5.55. The number of urea groups is 1. The van der Waals surface area contributed by atoms with Crippen LogP contribution in [0.15, 0.2) is 24.3 Å². The molecule has 2 atom stereocenters. The van der Waals surface area contributed by atoms with Crippen LogP contribution in [-0.2, 0) is 20.9 Å². The SMILES string of the molecule is CC(=O)NCc1ccc(C(=O)CN2C(=O)C(=O)N([C@H]3CCCC[C@H]3C)C2=O)cc1. The molecule has 1 saturated heterocycles. The van der Waals surface area contributed by atoms with E-state index in [-0.39, 0.29) is 17.9 Å². The first-order valence-corrected chi connectivity index (χ1v) is 9.85. The molecule has 2 aliphatic rings. The highest BCUT2D eigenvalue weighted by atomic mass is 16.2. The van der Waals surface area contributed by atoms with Crippen molar-refractivity contribution >= 4 is 29.5 Å². The van der Waals surface area contributed by atoms with Crippen molar-refractivity contribution in [3.05, 3.63) is 35.4 Å². The molecule has 2 fully saturated rings. The van der Waals surface area contributed by atoms with E-state index in [2.05, 4.69) is 5.32 Å². The number of ketones is 1. The summed E-state index contributed by atoms with van der Waals surface area (Å²) in [5.74, 6) is -2.23. The van der Waals surface area contributed by atoms with E-state index in [1.54, 1.807) is 24.3 Å². The summed E-state index contributed by atoms with van der Waals surface area (Å²) in [5, 5.41) is 2.66. The number of imide groups is 2.